The summed E-state index contributed by atoms with van der Waals surface area (Å²) in [6.07, 6.45) is 7.31. The first-order valence-corrected chi connectivity index (χ1v) is 8.80. The van der Waals surface area contributed by atoms with Gasteiger partial charge >= 0.3 is 0 Å². The third-order valence-corrected chi connectivity index (χ3v) is 5.16. The Morgan fingerprint density at radius 1 is 0.682 bits per heavy atom. The number of nitrogens with two attached hydrogens (primary N) is 6. The Balaban J connectivity index is 5.39. The van der Waals surface area contributed by atoms with Crippen molar-refractivity contribution in [3.63, 3.8) is 0 Å². The quantitative estimate of drug-likeness (QED) is 0.251. The summed E-state index contributed by atoms with van der Waals surface area (Å²) in [4.78, 5) is 0. The van der Waals surface area contributed by atoms with Gasteiger partial charge in [0, 0.05) is 5.41 Å². The van der Waals surface area contributed by atoms with Crippen LogP contribution in [0.15, 0.2) is 0 Å². The Labute approximate surface area is 136 Å². The van der Waals surface area contributed by atoms with Crippen molar-refractivity contribution in [1.82, 2.24) is 0 Å². The SMILES string of the molecule is CC(CCCN)C(CCCN)(CCCN)C(N)(N)CCCN. The fourth-order valence-electron chi connectivity index (χ4n) is 3.72. The zero-order valence-corrected chi connectivity index (χ0v) is 14.5. The molecule has 0 amide bonds. The summed E-state index contributed by atoms with van der Waals surface area (Å²) in [7, 11) is 0. The molecule has 0 heterocycles. The summed E-state index contributed by atoms with van der Waals surface area (Å²) < 4.78 is 0. The Bertz CT molecular complexity index is 261. The van der Waals surface area contributed by atoms with E-state index in [-0.39, 0.29) is 5.41 Å². The first-order valence-electron chi connectivity index (χ1n) is 8.80. The van der Waals surface area contributed by atoms with E-state index in [0.717, 1.165) is 51.4 Å². The topological polar surface area (TPSA) is 156 Å². The van der Waals surface area contributed by atoms with Crippen LogP contribution in [0.4, 0.5) is 0 Å². The summed E-state index contributed by atoms with van der Waals surface area (Å²) in [5, 5.41) is 0. The molecule has 12 N–H and O–H groups in total. The molecule has 0 radical (unpaired) electrons. The average molecular weight is 317 g/mol. The standard InChI is InChI=1S/C16H40N6/c1-14(6-2-10-17)15(7-3-11-18,8-4-12-19)16(21,22)9-5-13-20/h14H,2-13,17-22H2,1H3. The summed E-state index contributed by atoms with van der Waals surface area (Å²) in [6, 6.07) is 0. The van der Waals surface area contributed by atoms with Gasteiger partial charge in [-0.15, -0.1) is 0 Å². The van der Waals surface area contributed by atoms with Crippen LogP contribution in [0, 0.1) is 11.3 Å². The van der Waals surface area contributed by atoms with E-state index in [2.05, 4.69) is 6.92 Å². The highest BCUT2D eigenvalue weighted by molar-refractivity contribution is 5.01. The van der Waals surface area contributed by atoms with Crippen molar-refractivity contribution in [3.8, 4) is 0 Å². The maximum atomic E-state index is 6.65. The fourth-order valence-corrected chi connectivity index (χ4v) is 3.72. The molecule has 0 saturated carbocycles. The van der Waals surface area contributed by atoms with E-state index in [9.17, 15) is 0 Å². The molecule has 0 spiro atoms. The van der Waals surface area contributed by atoms with Crippen molar-refractivity contribution in [3.05, 3.63) is 0 Å². The maximum Gasteiger partial charge on any atom is 0.0697 e. The van der Waals surface area contributed by atoms with Gasteiger partial charge in [-0.05, 0) is 83.5 Å². The van der Waals surface area contributed by atoms with Crippen LogP contribution >= 0.6 is 0 Å². The molecule has 0 aliphatic heterocycles. The number of rotatable bonds is 14. The van der Waals surface area contributed by atoms with E-state index in [0.29, 0.717) is 32.1 Å². The Kier molecular flexibility index (Phi) is 11.2. The second-order valence-electron chi connectivity index (χ2n) is 6.71. The van der Waals surface area contributed by atoms with E-state index in [4.69, 9.17) is 34.4 Å². The molecule has 0 bridgehead atoms. The Hall–Kier alpha value is -0.240. The predicted molar refractivity (Wildman–Crippen MR) is 95.9 cm³/mol. The Morgan fingerprint density at radius 2 is 1.09 bits per heavy atom. The van der Waals surface area contributed by atoms with Crippen LogP contribution in [-0.2, 0) is 0 Å². The van der Waals surface area contributed by atoms with Crippen molar-refractivity contribution in [2.75, 3.05) is 26.2 Å². The van der Waals surface area contributed by atoms with Gasteiger partial charge in [0.1, 0.15) is 0 Å². The summed E-state index contributed by atoms with van der Waals surface area (Å²) in [5.74, 6) is 0.391. The summed E-state index contributed by atoms with van der Waals surface area (Å²) >= 11 is 0. The van der Waals surface area contributed by atoms with Gasteiger partial charge in [-0.1, -0.05) is 6.92 Å². The van der Waals surface area contributed by atoms with Gasteiger partial charge in [0.2, 0.25) is 0 Å². The molecule has 1 atom stereocenters. The lowest BCUT2D eigenvalue weighted by atomic mass is 9.59. The minimum atomic E-state index is -0.745. The van der Waals surface area contributed by atoms with Crippen LogP contribution in [0.25, 0.3) is 0 Å². The van der Waals surface area contributed by atoms with Gasteiger partial charge < -0.3 is 34.4 Å². The molecule has 6 nitrogen and oxygen atoms in total. The maximum absolute atomic E-state index is 6.65. The molecule has 0 aromatic heterocycles. The molecule has 0 aliphatic rings. The van der Waals surface area contributed by atoms with Gasteiger partial charge in [-0.25, -0.2) is 0 Å². The van der Waals surface area contributed by atoms with E-state index < -0.39 is 5.66 Å². The molecule has 134 valence electrons. The molecular formula is C16H40N6. The van der Waals surface area contributed by atoms with Gasteiger partial charge in [0.25, 0.3) is 0 Å². The van der Waals surface area contributed by atoms with E-state index >= 15 is 0 Å². The lowest BCUT2D eigenvalue weighted by molar-refractivity contribution is 0.0179. The third kappa shape index (κ3) is 6.10. The molecular weight excluding hydrogens is 276 g/mol. The van der Waals surface area contributed by atoms with Crippen LogP contribution in [0.1, 0.15) is 58.3 Å². The zero-order chi connectivity index (χ0) is 17.1. The minimum absolute atomic E-state index is 0.157. The first kappa shape index (κ1) is 21.8. The van der Waals surface area contributed by atoms with Crippen molar-refractivity contribution in [2.24, 2.45) is 45.7 Å². The summed E-state index contributed by atoms with van der Waals surface area (Å²) in [5.41, 5.74) is 35.3. The molecule has 0 aliphatic carbocycles. The van der Waals surface area contributed by atoms with Gasteiger partial charge in [-0.3, -0.25) is 0 Å². The van der Waals surface area contributed by atoms with Crippen LogP contribution in [0.5, 0.6) is 0 Å². The van der Waals surface area contributed by atoms with Crippen LogP contribution in [0.2, 0.25) is 0 Å². The van der Waals surface area contributed by atoms with E-state index in [1.54, 1.807) is 0 Å². The van der Waals surface area contributed by atoms with E-state index in [1.165, 1.54) is 0 Å². The van der Waals surface area contributed by atoms with Gasteiger partial charge in [0.15, 0.2) is 0 Å². The van der Waals surface area contributed by atoms with Gasteiger partial charge in [0.05, 0.1) is 5.66 Å². The zero-order valence-electron chi connectivity index (χ0n) is 14.5. The molecule has 6 heteroatoms. The largest absolute Gasteiger partial charge is 0.330 e. The van der Waals surface area contributed by atoms with E-state index in [1.807, 2.05) is 0 Å². The van der Waals surface area contributed by atoms with Crippen molar-refractivity contribution < 1.29 is 0 Å². The minimum Gasteiger partial charge on any atom is -0.330 e. The molecule has 0 saturated heterocycles. The van der Waals surface area contributed by atoms with Crippen molar-refractivity contribution >= 4 is 0 Å². The van der Waals surface area contributed by atoms with Gasteiger partial charge in [-0.2, -0.15) is 0 Å². The predicted octanol–water partition coefficient (Wildman–Crippen LogP) is 0.178. The number of hydrogen-bond acceptors (Lipinski definition) is 6. The molecule has 0 fully saturated rings. The van der Waals surface area contributed by atoms with Crippen LogP contribution in [0.3, 0.4) is 0 Å². The number of hydrogen-bond donors (Lipinski definition) is 6. The second-order valence-corrected chi connectivity index (χ2v) is 6.71. The highest BCUT2D eigenvalue weighted by atomic mass is 15.0. The molecule has 0 rings (SSSR count). The van der Waals surface area contributed by atoms with Crippen molar-refractivity contribution in [1.29, 1.82) is 0 Å². The second kappa shape index (κ2) is 11.3. The fraction of sp³-hybridized carbons (Fsp3) is 1.00. The molecule has 22 heavy (non-hydrogen) atoms. The highest BCUT2D eigenvalue weighted by Crippen LogP contribution is 2.47. The lowest BCUT2D eigenvalue weighted by Gasteiger charge is -2.51. The molecule has 0 aromatic carbocycles. The average Bonchev–Trinajstić information content (AvgIpc) is 2.50. The highest BCUT2D eigenvalue weighted by Gasteiger charge is 2.48. The molecule has 0 aromatic rings. The lowest BCUT2D eigenvalue weighted by Crippen LogP contribution is -2.65. The first-order chi connectivity index (χ1) is 10.4. The monoisotopic (exact) mass is 316 g/mol. The van der Waals surface area contributed by atoms with Crippen LogP contribution in [-0.4, -0.2) is 31.8 Å². The Morgan fingerprint density at radius 3 is 1.50 bits per heavy atom. The third-order valence-electron chi connectivity index (χ3n) is 5.16. The normalized spacial score (nSPS) is 14.3. The summed E-state index contributed by atoms with van der Waals surface area (Å²) in [6.45, 7) is 4.86. The van der Waals surface area contributed by atoms with Crippen molar-refractivity contribution in [2.45, 2.75) is 64.0 Å². The smallest absolute Gasteiger partial charge is 0.0697 e. The van der Waals surface area contributed by atoms with Crippen LogP contribution < -0.4 is 34.4 Å². The molecule has 1 unspecified atom stereocenters.